The molecule has 1 saturated carbocycles. The quantitative estimate of drug-likeness (QED) is 0.886. The van der Waals surface area contributed by atoms with Crippen LogP contribution in [-0.4, -0.2) is 13.7 Å². The number of halogens is 2. The fraction of sp³-hybridized carbons (Fsp3) is 0.500. The summed E-state index contributed by atoms with van der Waals surface area (Å²) in [6.45, 7) is 2.78. The number of methoxy groups -OCH3 is 1. The third-order valence-corrected chi connectivity index (χ3v) is 3.76. The van der Waals surface area contributed by atoms with Gasteiger partial charge in [0.2, 0.25) is 0 Å². The molecule has 4 heteroatoms. The van der Waals surface area contributed by atoms with E-state index in [4.69, 9.17) is 22.1 Å². The topological polar surface area (TPSA) is 35.2 Å². The second kappa shape index (κ2) is 4.22. The Kier molecular flexibility index (Phi) is 3.08. The molecule has 1 aromatic carbocycles. The molecule has 0 amide bonds. The number of benzene rings is 1. The molecule has 0 aliphatic heterocycles. The highest BCUT2D eigenvalue weighted by atomic mass is 35.5. The summed E-state index contributed by atoms with van der Waals surface area (Å²) in [6, 6.07) is 3.00. The van der Waals surface area contributed by atoms with Gasteiger partial charge < -0.3 is 10.5 Å². The SMILES string of the molecule is COc1cc(F)c(Cl)cc1C1C(C)C1CN. The van der Waals surface area contributed by atoms with E-state index < -0.39 is 5.82 Å². The maximum atomic E-state index is 13.3. The van der Waals surface area contributed by atoms with Crippen molar-refractivity contribution in [1.82, 2.24) is 0 Å². The van der Waals surface area contributed by atoms with Crippen LogP contribution in [0.1, 0.15) is 18.4 Å². The van der Waals surface area contributed by atoms with Crippen LogP contribution in [0.5, 0.6) is 5.75 Å². The Morgan fingerprint density at radius 1 is 1.50 bits per heavy atom. The van der Waals surface area contributed by atoms with E-state index in [-0.39, 0.29) is 5.02 Å². The van der Waals surface area contributed by atoms with Crippen molar-refractivity contribution in [3.05, 3.63) is 28.5 Å². The van der Waals surface area contributed by atoms with Gasteiger partial charge in [0.05, 0.1) is 12.1 Å². The van der Waals surface area contributed by atoms with Gasteiger partial charge in [0, 0.05) is 6.07 Å². The third-order valence-electron chi connectivity index (χ3n) is 3.47. The summed E-state index contributed by atoms with van der Waals surface area (Å²) in [5, 5.41) is 0.144. The molecule has 0 radical (unpaired) electrons. The van der Waals surface area contributed by atoms with Crippen molar-refractivity contribution in [2.75, 3.05) is 13.7 Å². The highest BCUT2D eigenvalue weighted by Gasteiger charge is 2.47. The zero-order valence-corrected chi connectivity index (χ0v) is 10.1. The zero-order chi connectivity index (χ0) is 11.9. The van der Waals surface area contributed by atoms with E-state index in [0.717, 1.165) is 5.56 Å². The van der Waals surface area contributed by atoms with Crippen LogP contribution in [-0.2, 0) is 0 Å². The molecular weight excluding hydrogens is 229 g/mol. The molecule has 3 atom stereocenters. The van der Waals surface area contributed by atoms with E-state index in [9.17, 15) is 4.39 Å². The Bertz CT molecular complexity index is 410. The molecule has 2 N–H and O–H groups in total. The first-order valence-electron chi connectivity index (χ1n) is 5.33. The molecule has 0 aromatic heterocycles. The summed E-state index contributed by atoms with van der Waals surface area (Å²) >= 11 is 5.79. The predicted molar refractivity (Wildman–Crippen MR) is 62.4 cm³/mol. The molecule has 16 heavy (non-hydrogen) atoms. The maximum absolute atomic E-state index is 13.3. The Balaban J connectivity index is 2.37. The van der Waals surface area contributed by atoms with Gasteiger partial charge in [-0.25, -0.2) is 4.39 Å². The predicted octanol–water partition coefficient (Wildman–Crippen LogP) is 2.80. The van der Waals surface area contributed by atoms with E-state index in [1.165, 1.54) is 13.2 Å². The van der Waals surface area contributed by atoms with E-state index in [2.05, 4.69) is 6.92 Å². The summed E-state index contributed by atoms with van der Waals surface area (Å²) < 4.78 is 18.5. The molecule has 1 fully saturated rings. The van der Waals surface area contributed by atoms with Gasteiger partial charge in [0.1, 0.15) is 11.6 Å². The van der Waals surface area contributed by atoms with E-state index in [1.807, 2.05) is 0 Å². The summed E-state index contributed by atoms with van der Waals surface area (Å²) in [5.74, 6) is 1.43. The van der Waals surface area contributed by atoms with Crippen LogP contribution in [0.25, 0.3) is 0 Å². The van der Waals surface area contributed by atoms with Gasteiger partial charge in [-0.2, -0.15) is 0 Å². The fourth-order valence-corrected chi connectivity index (χ4v) is 2.57. The summed E-state index contributed by atoms with van der Waals surface area (Å²) in [7, 11) is 1.54. The van der Waals surface area contributed by atoms with Crippen molar-refractivity contribution in [1.29, 1.82) is 0 Å². The van der Waals surface area contributed by atoms with Crippen molar-refractivity contribution in [3.63, 3.8) is 0 Å². The van der Waals surface area contributed by atoms with Crippen LogP contribution < -0.4 is 10.5 Å². The Morgan fingerprint density at radius 2 is 2.19 bits per heavy atom. The minimum Gasteiger partial charge on any atom is -0.496 e. The number of hydrogen-bond acceptors (Lipinski definition) is 2. The zero-order valence-electron chi connectivity index (χ0n) is 9.34. The van der Waals surface area contributed by atoms with Crippen LogP contribution in [0.4, 0.5) is 4.39 Å². The lowest BCUT2D eigenvalue weighted by Gasteiger charge is -2.09. The van der Waals surface area contributed by atoms with Gasteiger partial charge >= 0.3 is 0 Å². The van der Waals surface area contributed by atoms with Gasteiger partial charge in [-0.05, 0) is 35.9 Å². The van der Waals surface area contributed by atoms with Crippen molar-refractivity contribution < 1.29 is 9.13 Å². The summed E-state index contributed by atoms with van der Waals surface area (Å²) in [6.07, 6.45) is 0. The van der Waals surface area contributed by atoms with Crippen LogP contribution >= 0.6 is 11.6 Å². The lowest BCUT2D eigenvalue weighted by molar-refractivity contribution is 0.405. The van der Waals surface area contributed by atoms with Crippen LogP contribution in [0.15, 0.2) is 12.1 Å². The normalized spacial score (nSPS) is 27.9. The van der Waals surface area contributed by atoms with Crippen molar-refractivity contribution in [3.8, 4) is 5.75 Å². The minimum atomic E-state index is -0.445. The van der Waals surface area contributed by atoms with E-state index >= 15 is 0 Å². The molecule has 2 nitrogen and oxygen atoms in total. The van der Waals surface area contributed by atoms with Crippen LogP contribution in [0, 0.1) is 17.7 Å². The molecule has 3 unspecified atom stereocenters. The lowest BCUT2D eigenvalue weighted by Crippen LogP contribution is -2.03. The van der Waals surface area contributed by atoms with Crippen molar-refractivity contribution >= 4 is 11.6 Å². The Labute approximate surface area is 99.5 Å². The number of nitrogens with two attached hydrogens (primary N) is 1. The Hall–Kier alpha value is -0.800. The highest BCUT2D eigenvalue weighted by molar-refractivity contribution is 6.30. The highest BCUT2D eigenvalue weighted by Crippen LogP contribution is 2.55. The van der Waals surface area contributed by atoms with Crippen molar-refractivity contribution in [2.45, 2.75) is 12.8 Å². The molecule has 0 spiro atoms. The third kappa shape index (κ3) is 1.78. The molecule has 1 aliphatic carbocycles. The molecular formula is C12H15ClFNO. The Morgan fingerprint density at radius 3 is 2.69 bits per heavy atom. The average Bonchev–Trinajstić information content (AvgIpc) is 2.92. The summed E-state index contributed by atoms with van der Waals surface area (Å²) in [5.41, 5.74) is 6.63. The van der Waals surface area contributed by atoms with Gasteiger partial charge in [-0.15, -0.1) is 0 Å². The lowest BCUT2D eigenvalue weighted by atomic mass is 10.1. The van der Waals surface area contributed by atoms with Gasteiger partial charge in [-0.3, -0.25) is 0 Å². The fourth-order valence-electron chi connectivity index (χ4n) is 2.40. The molecule has 1 aliphatic rings. The maximum Gasteiger partial charge on any atom is 0.145 e. The molecule has 0 heterocycles. The first-order valence-corrected chi connectivity index (χ1v) is 5.71. The van der Waals surface area contributed by atoms with E-state index in [1.54, 1.807) is 6.07 Å². The molecule has 0 bridgehead atoms. The van der Waals surface area contributed by atoms with Crippen LogP contribution in [0.2, 0.25) is 5.02 Å². The number of hydrogen-bond donors (Lipinski definition) is 1. The first kappa shape index (κ1) is 11.7. The van der Waals surface area contributed by atoms with E-state index in [0.29, 0.717) is 30.0 Å². The van der Waals surface area contributed by atoms with Crippen LogP contribution in [0.3, 0.4) is 0 Å². The first-order chi connectivity index (χ1) is 7.60. The van der Waals surface area contributed by atoms with Gasteiger partial charge in [0.15, 0.2) is 0 Å². The average molecular weight is 244 g/mol. The molecule has 2 rings (SSSR count). The molecule has 0 saturated heterocycles. The summed E-state index contributed by atoms with van der Waals surface area (Å²) in [4.78, 5) is 0. The second-order valence-electron chi connectivity index (χ2n) is 4.29. The number of ether oxygens (including phenoxy) is 1. The smallest absolute Gasteiger partial charge is 0.145 e. The van der Waals surface area contributed by atoms with Gasteiger partial charge in [-0.1, -0.05) is 18.5 Å². The largest absolute Gasteiger partial charge is 0.496 e. The minimum absolute atomic E-state index is 0.144. The molecule has 1 aromatic rings. The molecule has 88 valence electrons. The van der Waals surface area contributed by atoms with Crippen molar-refractivity contribution in [2.24, 2.45) is 17.6 Å². The monoisotopic (exact) mass is 243 g/mol. The second-order valence-corrected chi connectivity index (χ2v) is 4.70. The number of rotatable bonds is 3. The van der Waals surface area contributed by atoms with Gasteiger partial charge in [0.25, 0.3) is 0 Å². The standard InChI is InChI=1S/C12H15ClFNO/c1-6-8(5-15)12(6)7-3-9(13)10(14)4-11(7)16-2/h3-4,6,8,12H,5,15H2,1-2H3.